The number of ether oxygens (including phenoxy) is 1. The Bertz CT molecular complexity index is 607. The van der Waals surface area contributed by atoms with Crippen LogP contribution in [0.3, 0.4) is 0 Å². The van der Waals surface area contributed by atoms with Crippen molar-refractivity contribution in [2.24, 2.45) is 0 Å². The zero-order valence-electron chi connectivity index (χ0n) is 14.8. The first kappa shape index (κ1) is 19.3. The molecule has 1 aromatic carbocycles. The number of nitro benzene ring substituents is 1. The highest BCUT2D eigenvalue weighted by molar-refractivity contribution is 6.74. The molecule has 7 heteroatoms. The first-order valence-electron chi connectivity index (χ1n) is 7.44. The Hall–Kier alpha value is -1.73. The second kappa shape index (κ2) is 6.80. The van der Waals surface area contributed by atoms with Crippen LogP contribution in [0.15, 0.2) is 18.2 Å². The van der Waals surface area contributed by atoms with Crippen LogP contribution in [0, 0.1) is 10.1 Å². The molecule has 0 saturated heterocycles. The van der Waals surface area contributed by atoms with Crippen molar-refractivity contribution in [3.05, 3.63) is 39.4 Å². The average Bonchev–Trinajstić information content (AvgIpc) is 2.44. The highest BCUT2D eigenvalue weighted by Crippen LogP contribution is 2.40. The second-order valence-electron chi connectivity index (χ2n) is 7.08. The van der Waals surface area contributed by atoms with Crippen molar-refractivity contribution in [1.82, 2.24) is 0 Å². The summed E-state index contributed by atoms with van der Waals surface area (Å²) in [4.78, 5) is 22.3. The fraction of sp³-hybridized carbons (Fsp3) is 0.562. The molecule has 1 unspecified atom stereocenters. The summed E-state index contributed by atoms with van der Waals surface area (Å²) in [5, 5.41) is 11.1. The highest BCUT2D eigenvalue weighted by atomic mass is 28.4. The molecule has 0 radical (unpaired) electrons. The van der Waals surface area contributed by atoms with E-state index in [4.69, 9.17) is 4.43 Å². The Kier molecular flexibility index (Phi) is 5.71. The van der Waals surface area contributed by atoms with Crippen LogP contribution in [0.2, 0.25) is 18.1 Å². The Morgan fingerprint density at radius 3 is 2.26 bits per heavy atom. The minimum Gasteiger partial charge on any atom is -0.465 e. The van der Waals surface area contributed by atoms with Gasteiger partial charge in [0.05, 0.1) is 23.7 Å². The van der Waals surface area contributed by atoms with Crippen molar-refractivity contribution < 1.29 is 18.9 Å². The van der Waals surface area contributed by atoms with Crippen LogP contribution < -0.4 is 0 Å². The molecule has 0 aliphatic heterocycles. The maximum absolute atomic E-state index is 11.7. The quantitative estimate of drug-likeness (QED) is 0.342. The predicted octanol–water partition coefficient (Wildman–Crippen LogP) is 4.46. The molecule has 0 heterocycles. The summed E-state index contributed by atoms with van der Waals surface area (Å²) in [6.45, 7) is 12.4. The maximum Gasteiger partial charge on any atom is 0.338 e. The van der Waals surface area contributed by atoms with Crippen LogP contribution in [0.25, 0.3) is 0 Å². The van der Waals surface area contributed by atoms with E-state index in [1.807, 2.05) is 6.92 Å². The molecule has 0 amide bonds. The van der Waals surface area contributed by atoms with Gasteiger partial charge in [-0.1, -0.05) is 20.8 Å². The molecule has 0 aliphatic rings. The summed E-state index contributed by atoms with van der Waals surface area (Å²) in [6.07, 6.45) is -0.348. The summed E-state index contributed by atoms with van der Waals surface area (Å²) in [5.41, 5.74) is 0.611. The van der Waals surface area contributed by atoms with E-state index >= 15 is 0 Å². The lowest BCUT2D eigenvalue weighted by molar-refractivity contribution is -0.385. The number of hydrogen-bond acceptors (Lipinski definition) is 5. The molecule has 1 aromatic rings. The van der Waals surface area contributed by atoms with Crippen LogP contribution >= 0.6 is 0 Å². The minimum absolute atomic E-state index is 0.0210. The first-order valence-corrected chi connectivity index (χ1v) is 10.4. The Morgan fingerprint density at radius 2 is 1.83 bits per heavy atom. The third-order valence-corrected chi connectivity index (χ3v) is 8.87. The number of carbonyl (C=O) groups is 1. The molecule has 1 atom stereocenters. The van der Waals surface area contributed by atoms with E-state index in [1.54, 1.807) is 6.07 Å². The molecule has 0 aromatic heterocycles. The molecule has 0 aliphatic carbocycles. The van der Waals surface area contributed by atoms with Crippen molar-refractivity contribution in [2.75, 3.05) is 7.11 Å². The smallest absolute Gasteiger partial charge is 0.338 e. The van der Waals surface area contributed by atoms with Gasteiger partial charge < -0.3 is 9.16 Å². The molecule has 1 rings (SSSR count). The molecule has 6 nitrogen and oxygen atoms in total. The lowest BCUT2D eigenvalue weighted by Gasteiger charge is -2.38. The van der Waals surface area contributed by atoms with Crippen LogP contribution in [0.5, 0.6) is 0 Å². The normalized spacial score (nSPS) is 13.5. The van der Waals surface area contributed by atoms with E-state index < -0.39 is 19.2 Å². The molecule has 128 valence electrons. The van der Waals surface area contributed by atoms with E-state index in [1.165, 1.54) is 19.2 Å². The molecule has 0 saturated carbocycles. The van der Waals surface area contributed by atoms with Gasteiger partial charge in [-0.2, -0.15) is 0 Å². The number of non-ortho nitro benzene ring substituents is 1. The lowest BCUT2D eigenvalue weighted by Crippen LogP contribution is -2.41. The van der Waals surface area contributed by atoms with Crippen molar-refractivity contribution in [3.63, 3.8) is 0 Å². The highest BCUT2D eigenvalue weighted by Gasteiger charge is 2.38. The van der Waals surface area contributed by atoms with Gasteiger partial charge in [0, 0.05) is 12.1 Å². The third kappa shape index (κ3) is 4.62. The fourth-order valence-electron chi connectivity index (χ4n) is 1.90. The summed E-state index contributed by atoms with van der Waals surface area (Å²) in [7, 11) is -0.788. The molecular weight excluding hydrogens is 314 g/mol. The summed E-state index contributed by atoms with van der Waals surface area (Å²) in [5.74, 6) is -0.602. The number of esters is 1. The summed E-state index contributed by atoms with van der Waals surface area (Å²) >= 11 is 0. The Morgan fingerprint density at radius 1 is 1.26 bits per heavy atom. The molecule has 0 fully saturated rings. The van der Waals surface area contributed by atoms with Gasteiger partial charge in [0.15, 0.2) is 8.32 Å². The lowest BCUT2D eigenvalue weighted by atomic mass is 10.1. The molecule has 0 bridgehead atoms. The molecule has 23 heavy (non-hydrogen) atoms. The second-order valence-corrected chi connectivity index (χ2v) is 11.8. The van der Waals surface area contributed by atoms with Gasteiger partial charge in [-0.25, -0.2) is 4.79 Å². The summed E-state index contributed by atoms with van der Waals surface area (Å²) in [6, 6.07) is 4.26. The number of rotatable bonds is 5. The van der Waals surface area contributed by atoms with E-state index in [0.717, 1.165) is 0 Å². The van der Waals surface area contributed by atoms with Crippen molar-refractivity contribution in [2.45, 2.75) is 51.9 Å². The van der Waals surface area contributed by atoms with E-state index in [9.17, 15) is 14.9 Å². The number of carbonyl (C=O) groups excluding carboxylic acids is 1. The molecule has 0 spiro atoms. The van der Waals surface area contributed by atoms with E-state index in [-0.39, 0.29) is 22.4 Å². The minimum atomic E-state index is -2.03. The Balaban J connectivity index is 3.23. The van der Waals surface area contributed by atoms with Gasteiger partial charge in [0.1, 0.15) is 0 Å². The zero-order chi connectivity index (χ0) is 18.0. The van der Waals surface area contributed by atoms with Gasteiger partial charge in [-0.3, -0.25) is 10.1 Å². The monoisotopic (exact) mass is 339 g/mol. The number of nitro groups is 1. The predicted molar refractivity (Wildman–Crippen MR) is 91.1 cm³/mol. The number of nitrogens with zero attached hydrogens (tertiary/aromatic N) is 1. The van der Waals surface area contributed by atoms with Crippen molar-refractivity contribution in [3.8, 4) is 0 Å². The van der Waals surface area contributed by atoms with Crippen LogP contribution in [-0.2, 0) is 9.16 Å². The SMILES string of the molecule is COC(=O)c1cc(C(C)O[Si](C)(C)C(C)(C)C)cc([N+](=O)[O-])c1. The Labute approximate surface area is 138 Å². The fourth-order valence-corrected chi connectivity index (χ4v) is 3.27. The zero-order valence-corrected chi connectivity index (χ0v) is 15.8. The van der Waals surface area contributed by atoms with Crippen LogP contribution in [0.1, 0.15) is 49.7 Å². The topological polar surface area (TPSA) is 78.7 Å². The van der Waals surface area contributed by atoms with E-state index in [0.29, 0.717) is 5.56 Å². The number of methoxy groups -OCH3 is 1. The average molecular weight is 339 g/mol. The summed E-state index contributed by atoms with van der Waals surface area (Å²) < 4.78 is 10.9. The van der Waals surface area contributed by atoms with Crippen molar-refractivity contribution in [1.29, 1.82) is 0 Å². The van der Waals surface area contributed by atoms with Crippen molar-refractivity contribution >= 4 is 20.0 Å². The van der Waals surface area contributed by atoms with Crippen LogP contribution in [-0.4, -0.2) is 26.3 Å². The maximum atomic E-state index is 11.7. The standard InChI is InChI=1S/C16H25NO5Si/c1-11(22-23(6,7)16(2,3)4)12-8-13(15(18)21-5)10-14(9-12)17(19)20/h8-11H,1-7H3. The van der Waals surface area contributed by atoms with Gasteiger partial charge >= 0.3 is 5.97 Å². The third-order valence-electron chi connectivity index (χ3n) is 4.32. The number of benzene rings is 1. The van der Waals surface area contributed by atoms with Gasteiger partial charge in [-0.05, 0) is 36.7 Å². The van der Waals surface area contributed by atoms with Crippen LogP contribution in [0.4, 0.5) is 5.69 Å². The van der Waals surface area contributed by atoms with E-state index in [2.05, 4.69) is 38.6 Å². The molecule has 0 N–H and O–H groups in total. The largest absolute Gasteiger partial charge is 0.465 e. The van der Waals surface area contributed by atoms with Gasteiger partial charge in [0.2, 0.25) is 0 Å². The first-order chi connectivity index (χ1) is 10.4. The number of hydrogen-bond donors (Lipinski definition) is 0. The van der Waals surface area contributed by atoms with Gasteiger partial charge in [0.25, 0.3) is 5.69 Å². The molecular formula is C16H25NO5Si. The van der Waals surface area contributed by atoms with Gasteiger partial charge in [-0.15, -0.1) is 0 Å².